The molecule has 0 radical (unpaired) electrons. The molecule has 124 valence electrons. The van der Waals surface area contributed by atoms with Gasteiger partial charge in [-0.2, -0.15) is 5.10 Å². The maximum absolute atomic E-state index is 5.89. The van der Waals surface area contributed by atoms with Crippen LogP contribution >= 0.6 is 0 Å². The molecule has 0 atom stereocenters. The van der Waals surface area contributed by atoms with Crippen LogP contribution in [0.5, 0.6) is 0 Å². The first kappa shape index (κ1) is 15.1. The van der Waals surface area contributed by atoms with Gasteiger partial charge in [0, 0.05) is 18.7 Å². The van der Waals surface area contributed by atoms with Gasteiger partial charge >= 0.3 is 0 Å². The van der Waals surface area contributed by atoms with E-state index in [-0.39, 0.29) is 5.41 Å². The van der Waals surface area contributed by atoms with E-state index in [1.54, 1.807) is 0 Å². The third-order valence-corrected chi connectivity index (χ3v) is 5.09. The summed E-state index contributed by atoms with van der Waals surface area (Å²) >= 11 is 0. The summed E-state index contributed by atoms with van der Waals surface area (Å²) in [4.78, 5) is 11.6. The average molecular weight is 322 g/mol. The highest BCUT2D eigenvalue weighted by atomic mass is 15.2. The minimum atomic E-state index is 0.252. The van der Waals surface area contributed by atoms with E-state index >= 15 is 0 Å². The quantitative estimate of drug-likeness (QED) is 0.774. The SMILES string of the molecule is CC1(CN)CCN(c2cnc3c(-c4ccccc4)n[nH]c3n2)CC1. The second-order valence-electron chi connectivity index (χ2n) is 6.87. The number of hydrogen-bond acceptors (Lipinski definition) is 5. The number of nitrogens with two attached hydrogens (primary N) is 1. The fraction of sp³-hybridized carbons (Fsp3) is 0.389. The van der Waals surface area contributed by atoms with Crippen LogP contribution in [-0.4, -0.2) is 39.8 Å². The summed E-state index contributed by atoms with van der Waals surface area (Å²) in [7, 11) is 0. The van der Waals surface area contributed by atoms with Crippen molar-refractivity contribution in [1.29, 1.82) is 0 Å². The van der Waals surface area contributed by atoms with Crippen molar-refractivity contribution in [2.24, 2.45) is 11.1 Å². The van der Waals surface area contributed by atoms with Crippen LogP contribution < -0.4 is 10.6 Å². The zero-order valence-electron chi connectivity index (χ0n) is 13.9. The zero-order chi connectivity index (χ0) is 16.6. The van der Waals surface area contributed by atoms with Crippen molar-refractivity contribution in [2.45, 2.75) is 19.8 Å². The first-order chi connectivity index (χ1) is 11.7. The molecular formula is C18H22N6. The number of benzene rings is 1. The summed E-state index contributed by atoms with van der Waals surface area (Å²) in [6.45, 7) is 4.94. The van der Waals surface area contributed by atoms with Gasteiger partial charge in [-0.1, -0.05) is 37.3 Å². The van der Waals surface area contributed by atoms with E-state index in [1.807, 2.05) is 36.5 Å². The largest absolute Gasteiger partial charge is 0.355 e. The lowest BCUT2D eigenvalue weighted by molar-refractivity contribution is 0.258. The third kappa shape index (κ3) is 2.63. The molecule has 2 aromatic heterocycles. The predicted molar refractivity (Wildman–Crippen MR) is 95.7 cm³/mol. The molecule has 0 unspecified atom stereocenters. The van der Waals surface area contributed by atoms with Crippen LogP contribution in [0.1, 0.15) is 19.8 Å². The monoisotopic (exact) mass is 322 g/mol. The van der Waals surface area contributed by atoms with Crippen LogP contribution in [0.3, 0.4) is 0 Å². The molecule has 4 rings (SSSR count). The zero-order valence-corrected chi connectivity index (χ0v) is 13.9. The fourth-order valence-corrected chi connectivity index (χ4v) is 3.22. The molecule has 1 aliphatic rings. The Labute approximate surface area is 141 Å². The van der Waals surface area contributed by atoms with Crippen LogP contribution in [0.4, 0.5) is 5.82 Å². The highest BCUT2D eigenvalue weighted by Gasteiger charge is 2.29. The number of rotatable bonds is 3. The van der Waals surface area contributed by atoms with Crippen molar-refractivity contribution in [2.75, 3.05) is 24.5 Å². The minimum absolute atomic E-state index is 0.252. The predicted octanol–water partition coefficient (Wildman–Crippen LogP) is 2.59. The Bertz CT molecular complexity index is 833. The van der Waals surface area contributed by atoms with Gasteiger partial charge in [0.15, 0.2) is 5.65 Å². The molecular weight excluding hydrogens is 300 g/mol. The number of nitrogens with one attached hydrogen (secondary N) is 1. The number of fused-ring (bicyclic) bond motifs is 1. The Morgan fingerprint density at radius 3 is 2.67 bits per heavy atom. The Balaban J connectivity index is 1.61. The normalized spacial score (nSPS) is 17.3. The van der Waals surface area contributed by atoms with Gasteiger partial charge in [0.1, 0.15) is 17.0 Å². The summed E-state index contributed by atoms with van der Waals surface area (Å²) in [6, 6.07) is 10.1. The Morgan fingerprint density at radius 2 is 1.96 bits per heavy atom. The van der Waals surface area contributed by atoms with Crippen LogP contribution in [0.25, 0.3) is 22.4 Å². The molecule has 0 bridgehead atoms. The molecule has 24 heavy (non-hydrogen) atoms. The van der Waals surface area contributed by atoms with Gasteiger partial charge in [0.05, 0.1) is 6.20 Å². The molecule has 1 fully saturated rings. The smallest absolute Gasteiger partial charge is 0.177 e. The lowest BCUT2D eigenvalue weighted by Crippen LogP contribution is -2.42. The van der Waals surface area contributed by atoms with Gasteiger partial charge in [0.2, 0.25) is 0 Å². The fourth-order valence-electron chi connectivity index (χ4n) is 3.22. The van der Waals surface area contributed by atoms with Gasteiger partial charge in [-0.3, -0.25) is 5.10 Å². The number of piperidine rings is 1. The summed E-state index contributed by atoms with van der Waals surface area (Å²) in [5, 5.41) is 7.43. The van der Waals surface area contributed by atoms with Crippen molar-refractivity contribution < 1.29 is 0 Å². The number of aromatic nitrogens is 4. The van der Waals surface area contributed by atoms with Crippen molar-refractivity contribution in [3.8, 4) is 11.3 Å². The second kappa shape index (κ2) is 5.87. The second-order valence-corrected chi connectivity index (χ2v) is 6.87. The molecule has 1 saturated heterocycles. The molecule has 0 spiro atoms. The molecule has 3 heterocycles. The van der Waals surface area contributed by atoms with E-state index in [2.05, 4.69) is 27.0 Å². The van der Waals surface area contributed by atoms with E-state index in [9.17, 15) is 0 Å². The first-order valence-corrected chi connectivity index (χ1v) is 8.40. The van der Waals surface area contributed by atoms with E-state index in [4.69, 9.17) is 10.7 Å². The maximum Gasteiger partial charge on any atom is 0.177 e. The van der Waals surface area contributed by atoms with E-state index in [0.29, 0.717) is 0 Å². The minimum Gasteiger partial charge on any atom is -0.355 e. The number of H-pyrrole nitrogens is 1. The highest BCUT2D eigenvalue weighted by Crippen LogP contribution is 2.32. The number of anilines is 1. The molecule has 3 aromatic rings. The Morgan fingerprint density at radius 1 is 1.21 bits per heavy atom. The number of nitrogens with zero attached hydrogens (tertiary/aromatic N) is 4. The first-order valence-electron chi connectivity index (χ1n) is 8.40. The highest BCUT2D eigenvalue weighted by molar-refractivity contribution is 5.87. The van der Waals surface area contributed by atoms with Crippen LogP contribution in [0.2, 0.25) is 0 Å². The molecule has 1 aromatic carbocycles. The summed E-state index contributed by atoms with van der Waals surface area (Å²) in [5.41, 5.74) is 9.59. The summed E-state index contributed by atoms with van der Waals surface area (Å²) in [5.74, 6) is 0.907. The van der Waals surface area contributed by atoms with Gasteiger partial charge < -0.3 is 10.6 Å². The number of aromatic amines is 1. The Hall–Kier alpha value is -2.47. The maximum atomic E-state index is 5.89. The van der Waals surface area contributed by atoms with E-state index in [1.165, 1.54) is 0 Å². The topological polar surface area (TPSA) is 83.7 Å². The third-order valence-electron chi connectivity index (χ3n) is 5.09. The van der Waals surface area contributed by atoms with Gasteiger partial charge in [0.25, 0.3) is 0 Å². The van der Waals surface area contributed by atoms with Crippen LogP contribution in [-0.2, 0) is 0 Å². The summed E-state index contributed by atoms with van der Waals surface area (Å²) < 4.78 is 0. The van der Waals surface area contributed by atoms with Gasteiger partial charge in [-0.15, -0.1) is 0 Å². The van der Waals surface area contributed by atoms with Crippen LogP contribution in [0, 0.1) is 5.41 Å². The molecule has 6 nitrogen and oxygen atoms in total. The lowest BCUT2D eigenvalue weighted by atomic mass is 9.80. The van der Waals surface area contributed by atoms with Crippen molar-refractivity contribution >= 4 is 17.0 Å². The molecule has 0 saturated carbocycles. The molecule has 1 aliphatic heterocycles. The van der Waals surface area contributed by atoms with Crippen molar-refractivity contribution in [3.63, 3.8) is 0 Å². The van der Waals surface area contributed by atoms with E-state index in [0.717, 1.165) is 60.7 Å². The van der Waals surface area contributed by atoms with Gasteiger partial charge in [-0.05, 0) is 24.8 Å². The molecule has 0 amide bonds. The standard InChI is InChI=1S/C18H22N6/c1-18(12-19)7-9-24(10-8-18)14-11-20-16-15(22-23-17(16)21-14)13-5-3-2-4-6-13/h2-6,11H,7-10,12,19H2,1H3,(H,21,22,23). The van der Waals surface area contributed by atoms with E-state index < -0.39 is 0 Å². The molecule has 6 heteroatoms. The van der Waals surface area contributed by atoms with Crippen LogP contribution in [0.15, 0.2) is 36.5 Å². The Kier molecular flexibility index (Phi) is 3.69. The lowest BCUT2D eigenvalue weighted by Gasteiger charge is -2.39. The molecule has 3 N–H and O–H groups in total. The molecule has 0 aliphatic carbocycles. The summed E-state index contributed by atoms with van der Waals surface area (Å²) in [6.07, 6.45) is 4.03. The van der Waals surface area contributed by atoms with Crippen molar-refractivity contribution in [1.82, 2.24) is 20.2 Å². The van der Waals surface area contributed by atoms with Gasteiger partial charge in [-0.25, -0.2) is 9.97 Å². The average Bonchev–Trinajstić information content (AvgIpc) is 3.06. The number of hydrogen-bond donors (Lipinski definition) is 2. The van der Waals surface area contributed by atoms with Crippen molar-refractivity contribution in [3.05, 3.63) is 36.5 Å².